The van der Waals surface area contributed by atoms with Crippen LogP contribution in [-0.4, -0.2) is 12.0 Å². The van der Waals surface area contributed by atoms with E-state index in [1.807, 2.05) is 20.2 Å². The minimum atomic E-state index is 0.395. The predicted molar refractivity (Wildman–Crippen MR) is 75.5 cm³/mol. The summed E-state index contributed by atoms with van der Waals surface area (Å²) in [7, 11) is 2.02. The summed E-state index contributed by atoms with van der Waals surface area (Å²) in [5, 5.41) is 3.39. The van der Waals surface area contributed by atoms with E-state index in [0.29, 0.717) is 6.04 Å². The summed E-state index contributed by atoms with van der Waals surface area (Å²) in [4.78, 5) is 4.25. The maximum Gasteiger partial charge on any atom is 0.0375 e. The van der Waals surface area contributed by atoms with E-state index in [4.69, 9.17) is 0 Å². The monoisotopic (exact) mass is 240 g/mol. The van der Waals surface area contributed by atoms with Crippen molar-refractivity contribution in [3.8, 4) is 0 Å². The molecule has 0 amide bonds. The number of hydrogen-bond donors (Lipinski definition) is 1. The van der Waals surface area contributed by atoms with Gasteiger partial charge in [0, 0.05) is 17.9 Å². The van der Waals surface area contributed by atoms with E-state index in [0.717, 1.165) is 18.5 Å². The number of rotatable bonds is 5. The van der Waals surface area contributed by atoms with Gasteiger partial charge < -0.3 is 5.32 Å². The van der Waals surface area contributed by atoms with Crippen molar-refractivity contribution in [2.45, 2.75) is 25.8 Å². The van der Waals surface area contributed by atoms with E-state index in [2.05, 4.69) is 52.8 Å². The summed E-state index contributed by atoms with van der Waals surface area (Å²) in [5.41, 5.74) is 3.79. The van der Waals surface area contributed by atoms with Crippen LogP contribution in [0.5, 0.6) is 0 Å². The van der Waals surface area contributed by atoms with Crippen molar-refractivity contribution >= 4 is 0 Å². The van der Waals surface area contributed by atoms with Crippen molar-refractivity contribution in [1.29, 1.82) is 0 Å². The molecule has 2 heteroatoms. The van der Waals surface area contributed by atoms with Gasteiger partial charge >= 0.3 is 0 Å². The molecular weight excluding hydrogens is 220 g/mol. The molecule has 2 rings (SSSR count). The number of nitrogens with one attached hydrogen (secondary N) is 1. The van der Waals surface area contributed by atoms with Crippen LogP contribution in [0, 0.1) is 6.92 Å². The molecule has 2 nitrogen and oxygen atoms in total. The topological polar surface area (TPSA) is 24.9 Å². The quantitative estimate of drug-likeness (QED) is 0.867. The normalized spacial score (nSPS) is 12.3. The largest absolute Gasteiger partial charge is 0.313 e. The Labute approximate surface area is 109 Å². The fourth-order valence-electron chi connectivity index (χ4n) is 2.22. The van der Waals surface area contributed by atoms with E-state index in [9.17, 15) is 0 Å². The fourth-order valence-corrected chi connectivity index (χ4v) is 2.22. The van der Waals surface area contributed by atoms with Gasteiger partial charge in [-0.15, -0.1) is 0 Å². The Bertz CT molecular complexity index is 479. The molecule has 1 atom stereocenters. The van der Waals surface area contributed by atoms with Gasteiger partial charge in [0.05, 0.1) is 0 Å². The van der Waals surface area contributed by atoms with E-state index in [1.54, 1.807) is 0 Å². The molecule has 18 heavy (non-hydrogen) atoms. The third-order valence-electron chi connectivity index (χ3n) is 3.24. The van der Waals surface area contributed by atoms with Gasteiger partial charge in [0.15, 0.2) is 0 Å². The van der Waals surface area contributed by atoms with Crippen LogP contribution in [0.4, 0.5) is 0 Å². The van der Waals surface area contributed by atoms with Crippen LogP contribution in [0.25, 0.3) is 0 Å². The lowest BCUT2D eigenvalue weighted by Crippen LogP contribution is -2.17. The van der Waals surface area contributed by atoms with Gasteiger partial charge in [-0.05, 0) is 50.1 Å². The molecule has 0 spiro atoms. The molecule has 0 aliphatic heterocycles. The highest BCUT2D eigenvalue weighted by Gasteiger charge is 2.09. The van der Waals surface area contributed by atoms with Gasteiger partial charge in [-0.1, -0.05) is 30.3 Å². The maximum atomic E-state index is 4.25. The Kier molecular flexibility index (Phi) is 4.48. The first-order valence-electron chi connectivity index (χ1n) is 6.43. The number of nitrogens with zero attached hydrogens (tertiary/aromatic N) is 1. The van der Waals surface area contributed by atoms with Crippen LogP contribution in [0.2, 0.25) is 0 Å². The predicted octanol–water partition coefficient (Wildman–Crippen LogP) is 3.28. The van der Waals surface area contributed by atoms with Gasteiger partial charge in [-0.3, -0.25) is 4.98 Å². The van der Waals surface area contributed by atoms with Gasteiger partial charge in [-0.25, -0.2) is 0 Å². The van der Waals surface area contributed by atoms with Gasteiger partial charge in [-0.2, -0.15) is 0 Å². The lowest BCUT2D eigenvalue weighted by atomic mass is 9.99. The van der Waals surface area contributed by atoms with Crippen LogP contribution in [0.15, 0.2) is 48.7 Å². The number of benzene rings is 1. The van der Waals surface area contributed by atoms with Crippen molar-refractivity contribution < 1.29 is 0 Å². The Morgan fingerprint density at radius 1 is 1.17 bits per heavy atom. The molecule has 1 aromatic carbocycles. The molecule has 0 saturated heterocycles. The van der Waals surface area contributed by atoms with E-state index < -0.39 is 0 Å². The molecule has 1 heterocycles. The summed E-state index contributed by atoms with van der Waals surface area (Å²) in [5.74, 6) is 0. The highest BCUT2D eigenvalue weighted by Crippen LogP contribution is 2.19. The third-order valence-corrected chi connectivity index (χ3v) is 3.24. The lowest BCUT2D eigenvalue weighted by Gasteiger charge is -2.17. The van der Waals surface area contributed by atoms with E-state index in [1.165, 1.54) is 11.1 Å². The fraction of sp³-hybridized carbons (Fsp3) is 0.312. The summed E-state index contributed by atoms with van der Waals surface area (Å²) in [6.07, 6.45) is 4.08. The number of pyridine rings is 1. The van der Waals surface area contributed by atoms with Crippen LogP contribution in [-0.2, 0) is 6.42 Å². The zero-order valence-corrected chi connectivity index (χ0v) is 11.1. The SMILES string of the molecule is CNC(CCc1ccccc1)c1ccnc(C)c1. The van der Waals surface area contributed by atoms with Crippen molar-refractivity contribution in [3.63, 3.8) is 0 Å². The zero-order valence-electron chi connectivity index (χ0n) is 11.1. The Hall–Kier alpha value is -1.67. The second kappa shape index (κ2) is 6.31. The molecule has 1 unspecified atom stereocenters. The van der Waals surface area contributed by atoms with Crippen molar-refractivity contribution in [1.82, 2.24) is 10.3 Å². The second-order valence-corrected chi connectivity index (χ2v) is 4.60. The summed E-state index contributed by atoms with van der Waals surface area (Å²) >= 11 is 0. The average molecular weight is 240 g/mol. The van der Waals surface area contributed by atoms with Crippen LogP contribution in [0.3, 0.4) is 0 Å². The highest BCUT2D eigenvalue weighted by atomic mass is 14.9. The van der Waals surface area contributed by atoms with Crippen LogP contribution >= 0.6 is 0 Å². The van der Waals surface area contributed by atoms with Crippen molar-refractivity contribution in [2.75, 3.05) is 7.05 Å². The summed E-state index contributed by atoms with van der Waals surface area (Å²) in [6.45, 7) is 2.04. The van der Waals surface area contributed by atoms with Gasteiger partial charge in [0.2, 0.25) is 0 Å². The number of hydrogen-bond acceptors (Lipinski definition) is 2. The minimum Gasteiger partial charge on any atom is -0.313 e. The number of aromatic nitrogens is 1. The molecule has 1 aromatic heterocycles. The first kappa shape index (κ1) is 12.8. The Morgan fingerprint density at radius 3 is 2.61 bits per heavy atom. The third kappa shape index (κ3) is 3.41. The zero-order chi connectivity index (χ0) is 12.8. The molecule has 0 saturated carbocycles. The van der Waals surface area contributed by atoms with Crippen LogP contribution < -0.4 is 5.32 Å². The van der Waals surface area contributed by atoms with Gasteiger partial charge in [0.25, 0.3) is 0 Å². The maximum absolute atomic E-state index is 4.25. The van der Waals surface area contributed by atoms with Crippen molar-refractivity contribution in [2.24, 2.45) is 0 Å². The summed E-state index contributed by atoms with van der Waals surface area (Å²) in [6, 6.07) is 15.3. The van der Waals surface area contributed by atoms with E-state index >= 15 is 0 Å². The molecule has 0 bridgehead atoms. The molecule has 2 aromatic rings. The molecule has 94 valence electrons. The smallest absolute Gasteiger partial charge is 0.0375 e. The first-order valence-corrected chi connectivity index (χ1v) is 6.43. The standard InChI is InChI=1S/C16H20N2/c1-13-12-15(10-11-18-13)16(17-2)9-8-14-6-4-3-5-7-14/h3-7,10-12,16-17H,8-9H2,1-2H3. The van der Waals surface area contributed by atoms with Gasteiger partial charge in [0.1, 0.15) is 0 Å². The molecule has 0 radical (unpaired) electrons. The average Bonchev–Trinajstić information content (AvgIpc) is 2.41. The Morgan fingerprint density at radius 2 is 1.94 bits per heavy atom. The molecule has 0 aliphatic rings. The molecule has 0 aliphatic carbocycles. The lowest BCUT2D eigenvalue weighted by molar-refractivity contribution is 0.548. The highest BCUT2D eigenvalue weighted by molar-refractivity contribution is 5.21. The molecule has 1 N–H and O–H groups in total. The first-order chi connectivity index (χ1) is 8.79. The van der Waals surface area contributed by atoms with E-state index in [-0.39, 0.29) is 0 Å². The van der Waals surface area contributed by atoms with Crippen LogP contribution in [0.1, 0.15) is 29.3 Å². The summed E-state index contributed by atoms with van der Waals surface area (Å²) < 4.78 is 0. The second-order valence-electron chi connectivity index (χ2n) is 4.60. The van der Waals surface area contributed by atoms with Crippen molar-refractivity contribution in [3.05, 3.63) is 65.5 Å². The minimum absolute atomic E-state index is 0.395. The number of aryl methyl sites for hydroxylation is 2. The Balaban J connectivity index is 2.02. The molecular formula is C16H20N2. The molecule has 0 fully saturated rings.